The third-order valence-corrected chi connectivity index (χ3v) is 3.05. The van der Waals surface area contributed by atoms with Gasteiger partial charge in [0.05, 0.1) is 12.3 Å². The van der Waals surface area contributed by atoms with Crippen LogP contribution in [-0.2, 0) is 6.61 Å². The first-order chi connectivity index (χ1) is 7.22. The molecule has 0 aromatic heterocycles. The second-order valence-electron chi connectivity index (χ2n) is 3.52. The number of benzene rings is 1. The van der Waals surface area contributed by atoms with E-state index in [9.17, 15) is 0 Å². The monoisotopic (exact) mass is 271 g/mol. The Kier molecular flexibility index (Phi) is 5.12. The summed E-state index contributed by atoms with van der Waals surface area (Å²) in [5, 5.41) is 9.02. The fraction of sp³-hybridized carbons (Fsp3) is 0.500. The number of aliphatic hydroxyl groups excluding tert-OH is 1. The van der Waals surface area contributed by atoms with E-state index in [0.29, 0.717) is 0 Å². The normalized spacial score (nSPS) is 10.4. The average molecular weight is 272 g/mol. The molecule has 0 heterocycles. The molecular weight excluding hydrogens is 254 g/mol. The van der Waals surface area contributed by atoms with Crippen LogP contribution in [0.3, 0.4) is 0 Å². The van der Waals surface area contributed by atoms with Crippen molar-refractivity contribution in [2.75, 3.05) is 18.0 Å². The molecule has 0 spiro atoms. The highest BCUT2D eigenvalue weighted by Crippen LogP contribution is 2.27. The van der Waals surface area contributed by atoms with Crippen LogP contribution in [0.15, 0.2) is 22.7 Å². The van der Waals surface area contributed by atoms with E-state index >= 15 is 0 Å². The van der Waals surface area contributed by atoms with Gasteiger partial charge in [-0.2, -0.15) is 0 Å². The third kappa shape index (κ3) is 3.21. The molecule has 2 nitrogen and oxygen atoms in total. The largest absolute Gasteiger partial charge is 0.392 e. The van der Waals surface area contributed by atoms with Crippen molar-refractivity contribution in [3.8, 4) is 0 Å². The van der Waals surface area contributed by atoms with Crippen LogP contribution in [0.2, 0.25) is 0 Å². The van der Waals surface area contributed by atoms with Crippen LogP contribution in [0.25, 0.3) is 0 Å². The molecule has 0 bridgehead atoms. The summed E-state index contributed by atoms with van der Waals surface area (Å²) >= 11 is 3.55. The molecule has 1 N–H and O–H groups in total. The summed E-state index contributed by atoms with van der Waals surface area (Å²) in [7, 11) is 0. The van der Waals surface area contributed by atoms with E-state index in [1.54, 1.807) is 0 Å². The maximum absolute atomic E-state index is 9.02. The van der Waals surface area contributed by atoms with E-state index in [2.05, 4.69) is 40.7 Å². The molecule has 1 rings (SSSR count). The topological polar surface area (TPSA) is 23.5 Å². The van der Waals surface area contributed by atoms with Crippen molar-refractivity contribution in [1.82, 2.24) is 0 Å². The van der Waals surface area contributed by atoms with Crippen molar-refractivity contribution in [3.05, 3.63) is 28.2 Å². The Morgan fingerprint density at radius 1 is 1.33 bits per heavy atom. The van der Waals surface area contributed by atoms with Gasteiger partial charge in [0.1, 0.15) is 0 Å². The van der Waals surface area contributed by atoms with Gasteiger partial charge < -0.3 is 10.0 Å². The number of nitrogens with zero attached hydrogens (tertiary/aromatic N) is 1. The molecule has 0 amide bonds. The molecule has 0 aliphatic carbocycles. The van der Waals surface area contributed by atoms with Crippen LogP contribution in [0.5, 0.6) is 0 Å². The molecule has 1 aromatic rings. The summed E-state index contributed by atoms with van der Waals surface area (Å²) in [5.74, 6) is 0. The van der Waals surface area contributed by atoms with E-state index in [0.717, 1.165) is 29.5 Å². The molecular formula is C12H18BrNO. The molecule has 3 heteroatoms. The van der Waals surface area contributed by atoms with Gasteiger partial charge in [0.15, 0.2) is 0 Å². The molecule has 0 unspecified atom stereocenters. The van der Waals surface area contributed by atoms with Crippen molar-refractivity contribution >= 4 is 21.6 Å². The Morgan fingerprint density at radius 2 is 2.07 bits per heavy atom. The molecule has 0 saturated heterocycles. The minimum absolute atomic E-state index is 0.0960. The zero-order chi connectivity index (χ0) is 11.3. The first-order valence-corrected chi connectivity index (χ1v) is 6.16. The summed E-state index contributed by atoms with van der Waals surface area (Å²) in [6, 6.07) is 6.01. The third-order valence-electron chi connectivity index (χ3n) is 2.41. The Hall–Kier alpha value is -0.540. The fourth-order valence-corrected chi connectivity index (χ4v) is 2.30. The van der Waals surface area contributed by atoms with Gasteiger partial charge in [-0.05, 0) is 47.0 Å². The molecule has 15 heavy (non-hydrogen) atoms. The Bertz CT molecular complexity index is 314. The lowest BCUT2D eigenvalue weighted by Gasteiger charge is -2.24. The van der Waals surface area contributed by atoms with E-state index in [-0.39, 0.29) is 6.61 Å². The number of rotatable bonds is 5. The van der Waals surface area contributed by atoms with Gasteiger partial charge in [0.25, 0.3) is 0 Å². The van der Waals surface area contributed by atoms with Crippen molar-refractivity contribution < 1.29 is 5.11 Å². The fourth-order valence-electron chi connectivity index (χ4n) is 1.62. The minimum atomic E-state index is 0.0960. The zero-order valence-corrected chi connectivity index (χ0v) is 10.9. The number of halogens is 1. The van der Waals surface area contributed by atoms with Gasteiger partial charge in [0.2, 0.25) is 0 Å². The first-order valence-electron chi connectivity index (χ1n) is 5.37. The van der Waals surface area contributed by atoms with Crippen LogP contribution in [0.1, 0.15) is 25.8 Å². The maximum atomic E-state index is 9.02. The van der Waals surface area contributed by atoms with Gasteiger partial charge in [-0.15, -0.1) is 0 Å². The molecule has 1 aromatic carbocycles. The lowest BCUT2D eigenvalue weighted by Crippen LogP contribution is -2.23. The second-order valence-corrected chi connectivity index (χ2v) is 4.38. The predicted octanol–water partition coefficient (Wildman–Crippen LogP) is 3.18. The van der Waals surface area contributed by atoms with Gasteiger partial charge in [-0.1, -0.05) is 13.0 Å². The summed E-state index contributed by atoms with van der Waals surface area (Å²) < 4.78 is 1.06. The van der Waals surface area contributed by atoms with Gasteiger partial charge in [-0.3, -0.25) is 0 Å². The number of hydrogen-bond donors (Lipinski definition) is 1. The van der Waals surface area contributed by atoms with E-state index < -0.39 is 0 Å². The van der Waals surface area contributed by atoms with Gasteiger partial charge >= 0.3 is 0 Å². The highest BCUT2D eigenvalue weighted by Gasteiger charge is 2.07. The average Bonchev–Trinajstić information content (AvgIpc) is 2.26. The zero-order valence-electron chi connectivity index (χ0n) is 9.33. The quantitative estimate of drug-likeness (QED) is 0.889. The SMILES string of the molecule is CCCN(CC)c1ccc(CO)cc1Br. The molecule has 84 valence electrons. The van der Waals surface area contributed by atoms with Crippen molar-refractivity contribution in [1.29, 1.82) is 0 Å². The number of anilines is 1. The number of hydrogen-bond acceptors (Lipinski definition) is 2. The van der Waals surface area contributed by atoms with Crippen LogP contribution < -0.4 is 4.90 Å². The second kappa shape index (κ2) is 6.13. The Morgan fingerprint density at radius 3 is 2.53 bits per heavy atom. The predicted molar refractivity (Wildman–Crippen MR) is 68.2 cm³/mol. The van der Waals surface area contributed by atoms with Crippen LogP contribution in [-0.4, -0.2) is 18.2 Å². The highest BCUT2D eigenvalue weighted by molar-refractivity contribution is 9.10. The highest BCUT2D eigenvalue weighted by atomic mass is 79.9. The molecule has 0 fully saturated rings. The van der Waals surface area contributed by atoms with Crippen molar-refractivity contribution in [2.45, 2.75) is 26.9 Å². The number of aliphatic hydroxyl groups is 1. The van der Waals surface area contributed by atoms with Crippen molar-refractivity contribution in [2.24, 2.45) is 0 Å². The molecule has 0 aliphatic heterocycles. The summed E-state index contributed by atoms with van der Waals surface area (Å²) in [6.45, 7) is 6.50. The van der Waals surface area contributed by atoms with Crippen LogP contribution in [0.4, 0.5) is 5.69 Å². The van der Waals surface area contributed by atoms with Crippen LogP contribution in [0, 0.1) is 0 Å². The lowest BCUT2D eigenvalue weighted by molar-refractivity contribution is 0.282. The maximum Gasteiger partial charge on any atom is 0.0682 e. The summed E-state index contributed by atoms with van der Waals surface area (Å²) in [4.78, 5) is 2.32. The first kappa shape index (κ1) is 12.5. The standard InChI is InChI=1S/C12H18BrNO/c1-3-7-14(4-2)12-6-5-10(9-15)8-11(12)13/h5-6,8,15H,3-4,7,9H2,1-2H3. The molecule has 0 saturated carbocycles. The van der Waals surface area contributed by atoms with Gasteiger partial charge in [-0.25, -0.2) is 0 Å². The van der Waals surface area contributed by atoms with E-state index in [1.165, 1.54) is 5.69 Å². The lowest BCUT2D eigenvalue weighted by atomic mass is 10.2. The minimum Gasteiger partial charge on any atom is -0.392 e. The van der Waals surface area contributed by atoms with Crippen molar-refractivity contribution in [3.63, 3.8) is 0 Å². The van der Waals surface area contributed by atoms with Gasteiger partial charge in [0, 0.05) is 17.6 Å². The molecule has 0 radical (unpaired) electrons. The molecule has 0 aliphatic rings. The Balaban J connectivity index is 2.92. The summed E-state index contributed by atoms with van der Waals surface area (Å²) in [6.07, 6.45) is 1.14. The van der Waals surface area contributed by atoms with E-state index in [1.807, 2.05) is 12.1 Å². The van der Waals surface area contributed by atoms with Crippen LogP contribution >= 0.6 is 15.9 Å². The Labute approximate surface area is 100 Å². The smallest absolute Gasteiger partial charge is 0.0682 e. The summed E-state index contributed by atoms with van der Waals surface area (Å²) in [5.41, 5.74) is 2.15. The molecule has 0 atom stereocenters. The van der Waals surface area contributed by atoms with E-state index in [4.69, 9.17) is 5.11 Å².